The molecule has 2 heterocycles. The predicted octanol–water partition coefficient (Wildman–Crippen LogP) is 5.73. The number of carbonyl (C=O) groups excluding carboxylic acids is 2. The van der Waals surface area contributed by atoms with Crippen molar-refractivity contribution in [2.24, 2.45) is 0 Å². The van der Waals surface area contributed by atoms with Crippen LogP contribution >= 0.6 is 22.9 Å². The van der Waals surface area contributed by atoms with Crippen molar-refractivity contribution in [1.82, 2.24) is 20.2 Å². The molecule has 0 saturated heterocycles. The van der Waals surface area contributed by atoms with Crippen molar-refractivity contribution in [3.8, 4) is 22.5 Å². The number of benzene rings is 2. The molecule has 1 amide bonds. The molecule has 0 aliphatic heterocycles. The number of halogens is 1. The summed E-state index contributed by atoms with van der Waals surface area (Å²) in [5, 5.41) is 17.6. The minimum atomic E-state index is -0.506. The average Bonchev–Trinajstić information content (AvgIpc) is 3.48. The summed E-state index contributed by atoms with van der Waals surface area (Å²) in [4.78, 5) is 25.9. The lowest BCUT2D eigenvalue weighted by atomic mass is 10.0. The largest absolute Gasteiger partial charge is 0.462 e. The van der Waals surface area contributed by atoms with Crippen LogP contribution in [0.15, 0.2) is 53.9 Å². The Labute approximate surface area is 205 Å². The van der Waals surface area contributed by atoms with Crippen LogP contribution in [0.3, 0.4) is 0 Å². The Hall–Kier alpha value is -3.56. The zero-order chi connectivity index (χ0) is 24.2. The van der Waals surface area contributed by atoms with E-state index in [0.717, 1.165) is 5.56 Å². The third kappa shape index (κ3) is 4.85. The number of thiophene rings is 1. The number of carbonyl (C=O) groups is 2. The van der Waals surface area contributed by atoms with Gasteiger partial charge in [-0.2, -0.15) is 0 Å². The molecular formula is C24H22ClN5O3S. The molecule has 0 aliphatic carbocycles. The molecule has 0 fully saturated rings. The van der Waals surface area contributed by atoms with Crippen molar-refractivity contribution in [2.45, 2.75) is 26.8 Å². The standard InChI is InChI=1S/C24H22ClN5O3S/c1-4-33-24(32)20-19(15-8-10-18(25)11-9-15)13-34-23(20)26-22(31)17-7-5-6-16(12-17)21-27-28-29-30(21)14(2)3/h5-14H,4H2,1-3H3,(H,26,31). The van der Waals surface area contributed by atoms with Gasteiger partial charge in [-0.25, -0.2) is 9.48 Å². The number of esters is 1. The Morgan fingerprint density at radius 3 is 2.62 bits per heavy atom. The van der Waals surface area contributed by atoms with Crippen molar-refractivity contribution >= 4 is 39.8 Å². The van der Waals surface area contributed by atoms with Crippen molar-refractivity contribution in [1.29, 1.82) is 0 Å². The third-order valence-corrected chi connectivity index (χ3v) is 6.17. The van der Waals surface area contributed by atoms with Crippen LogP contribution in [-0.4, -0.2) is 38.7 Å². The molecule has 0 spiro atoms. The molecule has 0 aliphatic rings. The van der Waals surface area contributed by atoms with Gasteiger partial charge in [-0.05, 0) is 61.0 Å². The summed E-state index contributed by atoms with van der Waals surface area (Å²) >= 11 is 7.27. The molecule has 34 heavy (non-hydrogen) atoms. The Morgan fingerprint density at radius 1 is 1.15 bits per heavy atom. The van der Waals surface area contributed by atoms with E-state index in [1.807, 2.05) is 37.4 Å². The number of nitrogens with one attached hydrogen (secondary N) is 1. The Bertz CT molecular complexity index is 1330. The lowest BCUT2D eigenvalue weighted by Crippen LogP contribution is -2.15. The second kappa shape index (κ2) is 10.1. The highest BCUT2D eigenvalue weighted by atomic mass is 35.5. The van der Waals surface area contributed by atoms with Gasteiger partial charge in [-0.3, -0.25) is 4.79 Å². The maximum Gasteiger partial charge on any atom is 0.341 e. The van der Waals surface area contributed by atoms with Crippen molar-refractivity contribution in [3.63, 3.8) is 0 Å². The summed E-state index contributed by atoms with van der Waals surface area (Å²) in [6, 6.07) is 14.2. The highest BCUT2D eigenvalue weighted by molar-refractivity contribution is 7.15. The van der Waals surface area contributed by atoms with Gasteiger partial charge in [-0.15, -0.1) is 16.4 Å². The Morgan fingerprint density at radius 2 is 1.91 bits per heavy atom. The van der Waals surface area contributed by atoms with Crippen LogP contribution in [0.25, 0.3) is 22.5 Å². The van der Waals surface area contributed by atoms with E-state index in [2.05, 4.69) is 20.8 Å². The molecule has 2 aromatic heterocycles. The number of ether oxygens (including phenoxy) is 1. The smallest absolute Gasteiger partial charge is 0.341 e. The molecule has 10 heteroatoms. The van der Waals surface area contributed by atoms with Gasteiger partial charge in [0.1, 0.15) is 10.6 Å². The monoisotopic (exact) mass is 495 g/mol. The topological polar surface area (TPSA) is 99.0 Å². The predicted molar refractivity (Wildman–Crippen MR) is 132 cm³/mol. The molecule has 1 N–H and O–H groups in total. The highest BCUT2D eigenvalue weighted by Gasteiger charge is 2.23. The summed E-state index contributed by atoms with van der Waals surface area (Å²) in [7, 11) is 0. The van der Waals surface area contributed by atoms with Gasteiger partial charge in [0, 0.05) is 27.1 Å². The second-order valence-electron chi connectivity index (χ2n) is 7.66. The maximum absolute atomic E-state index is 13.1. The number of aromatic nitrogens is 4. The quantitative estimate of drug-likeness (QED) is 0.328. The molecule has 0 unspecified atom stereocenters. The van der Waals surface area contributed by atoms with Crippen LogP contribution < -0.4 is 5.32 Å². The van der Waals surface area contributed by atoms with E-state index < -0.39 is 5.97 Å². The molecule has 4 aromatic rings. The molecule has 0 radical (unpaired) electrons. The normalized spacial score (nSPS) is 11.0. The number of rotatable bonds is 7. The molecule has 8 nitrogen and oxygen atoms in total. The van der Waals surface area contributed by atoms with Crippen LogP contribution in [0.4, 0.5) is 5.00 Å². The molecule has 0 saturated carbocycles. The van der Waals surface area contributed by atoms with Crippen LogP contribution in [0.2, 0.25) is 5.02 Å². The van der Waals surface area contributed by atoms with E-state index in [-0.39, 0.29) is 18.6 Å². The number of hydrogen-bond acceptors (Lipinski definition) is 7. The fraction of sp³-hybridized carbons (Fsp3) is 0.208. The van der Waals surface area contributed by atoms with E-state index in [9.17, 15) is 9.59 Å². The van der Waals surface area contributed by atoms with Crippen LogP contribution in [0.5, 0.6) is 0 Å². The van der Waals surface area contributed by atoms with Crippen LogP contribution in [0.1, 0.15) is 47.5 Å². The molecular weight excluding hydrogens is 474 g/mol. The first-order valence-corrected chi connectivity index (χ1v) is 11.9. The van der Waals surface area contributed by atoms with Crippen LogP contribution in [-0.2, 0) is 4.74 Å². The van der Waals surface area contributed by atoms with Gasteiger partial charge < -0.3 is 10.1 Å². The summed E-state index contributed by atoms with van der Waals surface area (Å²) in [6.45, 7) is 5.90. The molecule has 174 valence electrons. The molecule has 2 aromatic carbocycles. The average molecular weight is 496 g/mol. The number of amides is 1. The number of nitrogens with zero attached hydrogens (tertiary/aromatic N) is 4. The van der Waals surface area contributed by atoms with Crippen molar-refractivity contribution in [2.75, 3.05) is 11.9 Å². The summed E-state index contributed by atoms with van der Waals surface area (Å²) in [6.07, 6.45) is 0. The van der Waals surface area contributed by atoms with Gasteiger partial charge in [0.2, 0.25) is 0 Å². The van der Waals surface area contributed by atoms with Gasteiger partial charge >= 0.3 is 5.97 Å². The Balaban J connectivity index is 1.66. The summed E-state index contributed by atoms with van der Waals surface area (Å²) in [5.41, 5.74) is 2.89. The van der Waals surface area contributed by atoms with Crippen molar-refractivity contribution < 1.29 is 14.3 Å². The van der Waals surface area contributed by atoms with E-state index >= 15 is 0 Å². The summed E-state index contributed by atoms with van der Waals surface area (Å²) < 4.78 is 6.96. The zero-order valence-electron chi connectivity index (χ0n) is 18.8. The van der Waals surface area contributed by atoms with E-state index in [4.69, 9.17) is 16.3 Å². The zero-order valence-corrected chi connectivity index (χ0v) is 20.4. The molecule has 0 bridgehead atoms. The van der Waals surface area contributed by atoms with E-state index in [1.54, 1.807) is 41.9 Å². The Kier molecular flexibility index (Phi) is 7.04. The first-order valence-electron chi connectivity index (χ1n) is 10.6. The number of anilines is 1. The first-order chi connectivity index (χ1) is 16.4. The second-order valence-corrected chi connectivity index (χ2v) is 8.97. The SMILES string of the molecule is CCOC(=O)c1c(-c2ccc(Cl)cc2)csc1NC(=O)c1cccc(-c2nnnn2C(C)C)c1. The van der Waals surface area contributed by atoms with E-state index in [1.165, 1.54) is 11.3 Å². The lowest BCUT2D eigenvalue weighted by Gasteiger charge is -2.10. The van der Waals surface area contributed by atoms with Gasteiger partial charge in [0.15, 0.2) is 5.82 Å². The van der Waals surface area contributed by atoms with Gasteiger partial charge in [0.25, 0.3) is 5.91 Å². The van der Waals surface area contributed by atoms with Crippen molar-refractivity contribution in [3.05, 3.63) is 70.1 Å². The lowest BCUT2D eigenvalue weighted by molar-refractivity contribution is 0.0529. The van der Waals surface area contributed by atoms with Crippen LogP contribution in [0, 0.1) is 0 Å². The first kappa shape index (κ1) is 23.6. The maximum atomic E-state index is 13.1. The number of hydrogen-bond donors (Lipinski definition) is 1. The highest BCUT2D eigenvalue weighted by Crippen LogP contribution is 2.37. The number of tetrazole rings is 1. The molecule has 4 rings (SSSR count). The molecule has 0 atom stereocenters. The fourth-order valence-electron chi connectivity index (χ4n) is 3.40. The third-order valence-electron chi connectivity index (χ3n) is 5.02. The minimum absolute atomic E-state index is 0.0621. The van der Waals surface area contributed by atoms with E-state index in [0.29, 0.717) is 38.1 Å². The fourth-order valence-corrected chi connectivity index (χ4v) is 4.48. The van der Waals surface area contributed by atoms with Gasteiger partial charge in [0.05, 0.1) is 12.6 Å². The van der Waals surface area contributed by atoms with Gasteiger partial charge in [-0.1, -0.05) is 35.9 Å². The minimum Gasteiger partial charge on any atom is -0.462 e. The summed E-state index contributed by atoms with van der Waals surface area (Å²) in [5.74, 6) is -0.299.